The molecule has 7 nitrogen and oxygen atoms in total. The zero-order valence-corrected chi connectivity index (χ0v) is 9.61. The molecule has 0 saturated heterocycles. The van der Waals surface area contributed by atoms with Crippen molar-refractivity contribution in [3.8, 4) is 23.1 Å². The van der Waals surface area contributed by atoms with Gasteiger partial charge in [0.05, 0.1) is 18.2 Å². The number of aryl methyl sites for hydroxylation is 1. The highest BCUT2D eigenvalue weighted by Gasteiger charge is 2.15. The van der Waals surface area contributed by atoms with Crippen LogP contribution in [-0.4, -0.2) is 24.7 Å². The van der Waals surface area contributed by atoms with E-state index >= 15 is 0 Å². The zero-order chi connectivity index (χ0) is 12.5. The molecule has 0 spiro atoms. The second kappa shape index (κ2) is 3.95. The Bertz CT molecular complexity index is 686. The minimum Gasteiger partial charge on any atom is -0.397 e. The van der Waals surface area contributed by atoms with Crippen LogP contribution in [0, 0.1) is 0 Å². The largest absolute Gasteiger partial charge is 0.397 e. The lowest BCUT2D eigenvalue weighted by atomic mass is 10.3. The van der Waals surface area contributed by atoms with E-state index in [0.717, 1.165) is 5.69 Å². The van der Waals surface area contributed by atoms with Gasteiger partial charge >= 0.3 is 0 Å². The van der Waals surface area contributed by atoms with Crippen LogP contribution in [0.1, 0.15) is 0 Å². The van der Waals surface area contributed by atoms with Gasteiger partial charge in [-0.2, -0.15) is 4.98 Å². The Morgan fingerprint density at radius 3 is 3.00 bits per heavy atom. The van der Waals surface area contributed by atoms with E-state index in [1.165, 1.54) is 0 Å². The van der Waals surface area contributed by atoms with Crippen molar-refractivity contribution >= 4 is 5.69 Å². The second-order valence-electron chi connectivity index (χ2n) is 3.75. The highest BCUT2D eigenvalue weighted by atomic mass is 16.5. The molecule has 0 bridgehead atoms. The summed E-state index contributed by atoms with van der Waals surface area (Å²) in [5.41, 5.74) is 7.55. The number of nitrogen functional groups attached to an aromatic ring is 1. The molecule has 3 aromatic heterocycles. The van der Waals surface area contributed by atoms with Crippen LogP contribution >= 0.6 is 0 Å². The summed E-state index contributed by atoms with van der Waals surface area (Å²) in [5.74, 6) is 0.749. The third-order valence-corrected chi connectivity index (χ3v) is 2.51. The van der Waals surface area contributed by atoms with E-state index in [1.54, 1.807) is 35.4 Å². The Morgan fingerprint density at radius 1 is 1.39 bits per heavy atom. The number of hydrogen-bond donors (Lipinski definition) is 1. The molecule has 3 heterocycles. The molecule has 0 fully saturated rings. The van der Waals surface area contributed by atoms with E-state index < -0.39 is 0 Å². The Balaban J connectivity index is 2.05. The van der Waals surface area contributed by atoms with Crippen LogP contribution in [0.3, 0.4) is 0 Å². The molecule has 3 rings (SSSR count). The Kier molecular flexibility index (Phi) is 2.30. The number of nitrogens with two attached hydrogens (primary N) is 1. The molecule has 0 atom stereocenters. The molecule has 0 saturated carbocycles. The summed E-state index contributed by atoms with van der Waals surface area (Å²) in [7, 11) is 1.85. The Labute approximate surface area is 102 Å². The molecular formula is C11H10N6O. The minimum atomic E-state index is 0.296. The molecule has 0 aliphatic heterocycles. The topological polar surface area (TPSA) is 95.7 Å². The summed E-state index contributed by atoms with van der Waals surface area (Å²) in [4.78, 5) is 12.4. The normalized spacial score (nSPS) is 10.7. The first-order valence-electron chi connectivity index (χ1n) is 5.27. The van der Waals surface area contributed by atoms with Gasteiger partial charge < -0.3 is 14.8 Å². The average molecular weight is 242 g/mol. The fourth-order valence-corrected chi connectivity index (χ4v) is 1.59. The van der Waals surface area contributed by atoms with Crippen molar-refractivity contribution in [3.05, 3.63) is 30.9 Å². The fraction of sp³-hybridized carbons (Fsp3) is 0.0909. The smallest absolute Gasteiger partial charge is 0.279 e. The summed E-state index contributed by atoms with van der Waals surface area (Å²) >= 11 is 0. The van der Waals surface area contributed by atoms with Crippen molar-refractivity contribution in [3.63, 3.8) is 0 Å². The predicted molar refractivity (Wildman–Crippen MR) is 64.1 cm³/mol. The van der Waals surface area contributed by atoms with Crippen LogP contribution in [0.2, 0.25) is 0 Å². The van der Waals surface area contributed by atoms with Crippen molar-refractivity contribution < 1.29 is 4.52 Å². The lowest BCUT2D eigenvalue weighted by molar-refractivity contribution is 0.430. The van der Waals surface area contributed by atoms with Crippen LogP contribution in [0.15, 0.2) is 35.4 Å². The van der Waals surface area contributed by atoms with Gasteiger partial charge in [-0.1, -0.05) is 5.16 Å². The predicted octanol–water partition coefficient (Wildman–Crippen LogP) is 1.11. The maximum absolute atomic E-state index is 5.80. The molecule has 0 unspecified atom stereocenters. The van der Waals surface area contributed by atoms with Crippen LogP contribution in [0.5, 0.6) is 0 Å². The SMILES string of the molecule is Cn1cncc1-c1noc(-c2ncccc2N)n1. The molecule has 0 radical (unpaired) electrons. The molecule has 7 heteroatoms. The maximum Gasteiger partial charge on any atom is 0.279 e. The van der Waals surface area contributed by atoms with Crippen LogP contribution < -0.4 is 5.73 Å². The van der Waals surface area contributed by atoms with E-state index in [9.17, 15) is 0 Å². The average Bonchev–Trinajstić information content (AvgIpc) is 2.98. The number of hydrogen-bond acceptors (Lipinski definition) is 6. The molecular weight excluding hydrogens is 232 g/mol. The van der Waals surface area contributed by atoms with E-state index in [2.05, 4.69) is 20.1 Å². The molecule has 0 amide bonds. The van der Waals surface area contributed by atoms with Gasteiger partial charge in [-0.25, -0.2) is 9.97 Å². The number of aromatic nitrogens is 5. The quantitative estimate of drug-likeness (QED) is 0.723. The van der Waals surface area contributed by atoms with Gasteiger partial charge in [-0.05, 0) is 12.1 Å². The summed E-state index contributed by atoms with van der Waals surface area (Å²) in [6, 6.07) is 3.48. The maximum atomic E-state index is 5.80. The third kappa shape index (κ3) is 1.61. The number of pyridine rings is 1. The Morgan fingerprint density at radius 2 is 2.28 bits per heavy atom. The van der Waals surface area contributed by atoms with E-state index in [4.69, 9.17) is 10.3 Å². The number of rotatable bonds is 2. The molecule has 90 valence electrons. The molecule has 2 N–H and O–H groups in total. The van der Waals surface area contributed by atoms with Gasteiger partial charge in [0.15, 0.2) is 5.69 Å². The summed E-state index contributed by atoms with van der Waals surface area (Å²) in [6.07, 6.45) is 4.95. The van der Waals surface area contributed by atoms with Gasteiger partial charge in [-0.3, -0.25) is 0 Å². The zero-order valence-electron chi connectivity index (χ0n) is 9.61. The highest BCUT2D eigenvalue weighted by molar-refractivity contribution is 5.66. The van der Waals surface area contributed by atoms with Crippen molar-refractivity contribution in [2.45, 2.75) is 0 Å². The summed E-state index contributed by atoms with van der Waals surface area (Å²) in [6.45, 7) is 0. The summed E-state index contributed by atoms with van der Waals surface area (Å²) < 4.78 is 6.97. The molecule has 0 aliphatic carbocycles. The summed E-state index contributed by atoms with van der Waals surface area (Å²) in [5, 5.41) is 3.89. The molecule has 0 aromatic carbocycles. The highest BCUT2D eigenvalue weighted by Crippen LogP contribution is 2.23. The van der Waals surface area contributed by atoms with Gasteiger partial charge in [0.2, 0.25) is 5.82 Å². The number of anilines is 1. The second-order valence-corrected chi connectivity index (χ2v) is 3.75. The first-order valence-corrected chi connectivity index (χ1v) is 5.27. The lowest BCUT2D eigenvalue weighted by Crippen LogP contribution is -1.93. The van der Waals surface area contributed by atoms with Crippen molar-refractivity contribution in [2.24, 2.45) is 7.05 Å². The van der Waals surface area contributed by atoms with Gasteiger partial charge in [0.1, 0.15) is 5.69 Å². The molecule has 0 aliphatic rings. The molecule has 18 heavy (non-hydrogen) atoms. The standard InChI is InChI=1S/C11H10N6O/c1-17-6-13-5-8(17)10-15-11(18-16-10)9-7(12)3-2-4-14-9/h2-6H,12H2,1H3. The van der Waals surface area contributed by atoms with Crippen LogP contribution in [-0.2, 0) is 7.05 Å². The van der Waals surface area contributed by atoms with E-state index in [-0.39, 0.29) is 0 Å². The van der Waals surface area contributed by atoms with E-state index in [1.807, 2.05) is 7.05 Å². The third-order valence-electron chi connectivity index (χ3n) is 2.51. The number of nitrogens with zero attached hydrogens (tertiary/aromatic N) is 5. The van der Waals surface area contributed by atoms with Crippen LogP contribution in [0.4, 0.5) is 5.69 Å². The lowest BCUT2D eigenvalue weighted by Gasteiger charge is -1.96. The van der Waals surface area contributed by atoms with Crippen molar-refractivity contribution in [1.82, 2.24) is 24.7 Å². The van der Waals surface area contributed by atoms with Gasteiger partial charge in [0.25, 0.3) is 5.89 Å². The van der Waals surface area contributed by atoms with Gasteiger partial charge in [-0.15, -0.1) is 0 Å². The minimum absolute atomic E-state index is 0.296. The Hall–Kier alpha value is -2.70. The monoisotopic (exact) mass is 242 g/mol. The van der Waals surface area contributed by atoms with Gasteiger partial charge in [0, 0.05) is 13.2 Å². The van der Waals surface area contributed by atoms with E-state index in [0.29, 0.717) is 23.1 Å². The van der Waals surface area contributed by atoms with Crippen molar-refractivity contribution in [1.29, 1.82) is 0 Å². The fourth-order valence-electron chi connectivity index (χ4n) is 1.59. The first kappa shape index (κ1) is 10.5. The molecule has 3 aromatic rings. The first-order chi connectivity index (χ1) is 8.75. The number of imidazole rings is 1. The van der Waals surface area contributed by atoms with Crippen LogP contribution in [0.25, 0.3) is 23.1 Å². The van der Waals surface area contributed by atoms with Crippen molar-refractivity contribution in [2.75, 3.05) is 5.73 Å².